The number of urea groups is 1. The lowest BCUT2D eigenvalue weighted by Crippen LogP contribution is -2.45. The van der Waals surface area contributed by atoms with Gasteiger partial charge in [-0.3, -0.25) is 4.79 Å². The van der Waals surface area contributed by atoms with Gasteiger partial charge < -0.3 is 15.7 Å². The smallest absolute Gasteiger partial charge is 0.315 e. The van der Waals surface area contributed by atoms with Crippen LogP contribution in [0.1, 0.15) is 32.1 Å². The molecule has 0 spiro atoms. The minimum Gasteiger partial charge on any atom is -0.481 e. The lowest BCUT2D eigenvalue weighted by molar-refractivity contribution is -0.143. The predicted octanol–water partition coefficient (Wildman–Crippen LogP) is 1.68. The van der Waals surface area contributed by atoms with Crippen LogP contribution in [0.5, 0.6) is 0 Å². The molecule has 0 radical (unpaired) electrons. The molecule has 2 amide bonds. The van der Waals surface area contributed by atoms with Crippen LogP contribution in [0.15, 0.2) is 0 Å². The van der Waals surface area contributed by atoms with Crippen molar-refractivity contribution in [2.45, 2.75) is 38.1 Å². The monoisotopic (exact) mass is 274 g/mol. The van der Waals surface area contributed by atoms with E-state index in [9.17, 15) is 9.59 Å². The second kappa shape index (κ2) is 8.24. The SMILES string of the molecule is CSCCCNC(=O)NC1CCCC(C(=O)O)C1. The van der Waals surface area contributed by atoms with Gasteiger partial charge in [0.2, 0.25) is 0 Å². The Hall–Kier alpha value is -0.910. The molecular weight excluding hydrogens is 252 g/mol. The molecule has 1 aliphatic rings. The number of aliphatic carboxylic acids is 1. The maximum atomic E-state index is 11.6. The van der Waals surface area contributed by atoms with Crippen LogP contribution in [0, 0.1) is 5.92 Å². The predicted molar refractivity (Wildman–Crippen MR) is 72.9 cm³/mol. The highest BCUT2D eigenvalue weighted by Crippen LogP contribution is 2.24. The molecule has 0 aromatic heterocycles. The fourth-order valence-corrected chi connectivity index (χ4v) is 2.63. The molecule has 0 bridgehead atoms. The van der Waals surface area contributed by atoms with Gasteiger partial charge >= 0.3 is 12.0 Å². The molecule has 5 nitrogen and oxygen atoms in total. The van der Waals surface area contributed by atoms with E-state index in [-0.39, 0.29) is 18.0 Å². The van der Waals surface area contributed by atoms with Gasteiger partial charge in [-0.2, -0.15) is 11.8 Å². The normalized spacial score (nSPS) is 23.4. The van der Waals surface area contributed by atoms with Crippen molar-refractivity contribution in [2.24, 2.45) is 5.92 Å². The van der Waals surface area contributed by atoms with E-state index in [1.165, 1.54) is 0 Å². The van der Waals surface area contributed by atoms with Gasteiger partial charge in [-0.25, -0.2) is 4.79 Å². The van der Waals surface area contributed by atoms with E-state index in [0.29, 0.717) is 13.0 Å². The van der Waals surface area contributed by atoms with Gasteiger partial charge in [0, 0.05) is 12.6 Å². The highest BCUT2D eigenvalue weighted by Gasteiger charge is 2.27. The Kier molecular flexibility index (Phi) is 6.93. The minimum absolute atomic E-state index is 0.000371. The van der Waals surface area contributed by atoms with E-state index in [4.69, 9.17) is 5.11 Å². The zero-order chi connectivity index (χ0) is 13.4. The van der Waals surface area contributed by atoms with Gasteiger partial charge in [-0.15, -0.1) is 0 Å². The molecule has 1 fully saturated rings. The number of hydrogen-bond acceptors (Lipinski definition) is 3. The van der Waals surface area contributed by atoms with Crippen LogP contribution >= 0.6 is 11.8 Å². The lowest BCUT2D eigenvalue weighted by Gasteiger charge is -2.27. The summed E-state index contributed by atoms with van der Waals surface area (Å²) < 4.78 is 0. The zero-order valence-corrected chi connectivity index (χ0v) is 11.6. The van der Waals surface area contributed by atoms with Crippen molar-refractivity contribution in [3.8, 4) is 0 Å². The van der Waals surface area contributed by atoms with E-state index in [2.05, 4.69) is 10.6 Å². The number of carbonyl (C=O) groups is 2. The summed E-state index contributed by atoms with van der Waals surface area (Å²) in [4.78, 5) is 22.5. The van der Waals surface area contributed by atoms with Gasteiger partial charge in [0.15, 0.2) is 0 Å². The first-order valence-electron chi connectivity index (χ1n) is 6.39. The van der Waals surface area contributed by atoms with Gasteiger partial charge in [0.25, 0.3) is 0 Å². The number of carbonyl (C=O) groups excluding carboxylic acids is 1. The van der Waals surface area contributed by atoms with Crippen molar-refractivity contribution in [3.63, 3.8) is 0 Å². The number of amides is 2. The quantitative estimate of drug-likeness (QED) is 0.644. The van der Waals surface area contributed by atoms with Crippen LogP contribution < -0.4 is 10.6 Å². The van der Waals surface area contributed by atoms with Gasteiger partial charge in [-0.05, 0) is 37.7 Å². The molecule has 0 aromatic rings. The van der Waals surface area contributed by atoms with Crippen molar-refractivity contribution in [1.82, 2.24) is 10.6 Å². The van der Waals surface area contributed by atoms with Crippen molar-refractivity contribution in [3.05, 3.63) is 0 Å². The van der Waals surface area contributed by atoms with Crippen molar-refractivity contribution < 1.29 is 14.7 Å². The second-order valence-corrected chi connectivity index (χ2v) is 5.63. The third-order valence-corrected chi connectivity index (χ3v) is 3.87. The summed E-state index contributed by atoms with van der Waals surface area (Å²) in [5, 5.41) is 14.6. The third-order valence-electron chi connectivity index (χ3n) is 3.17. The summed E-state index contributed by atoms with van der Waals surface area (Å²) in [6.07, 6.45) is 6.01. The summed E-state index contributed by atoms with van der Waals surface area (Å²) in [7, 11) is 0. The Morgan fingerprint density at radius 2 is 2.17 bits per heavy atom. The molecule has 2 unspecified atom stereocenters. The van der Waals surface area contributed by atoms with Crippen LogP contribution in [0.2, 0.25) is 0 Å². The molecule has 0 aliphatic heterocycles. The molecule has 3 N–H and O–H groups in total. The Morgan fingerprint density at radius 1 is 1.39 bits per heavy atom. The second-order valence-electron chi connectivity index (χ2n) is 4.65. The topological polar surface area (TPSA) is 78.4 Å². The van der Waals surface area contributed by atoms with Crippen molar-refractivity contribution in [2.75, 3.05) is 18.6 Å². The summed E-state index contributed by atoms with van der Waals surface area (Å²) in [6.45, 7) is 0.668. The molecule has 0 saturated heterocycles. The number of carboxylic acids is 1. The summed E-state index contributed by atoms with van der Waals surface area (Å²) in [5.74, 6) is -0.0208. The van der Waals surface area contributed by atoms with E-state index in [1.54, 1.807) is 11.8 Å². The zero-order valence-electron chi connectivity index (χ0n) is 10.8. The molecule has 0 heterocycles. The Morgan fingerprint density at radius 3 is 2.83 bits per heavy atom. The highest BCUT2D eigenvalue weighted by atomic mass is 32.2. The standard InChI is InChI=1S/C12H22N2O3S/c1-18-7-3-6-13-12(17)14-10-5-2-4-9(8-10)11(15)16/h9-10H,2-8H2,1H3,(H,15,16)(H2,13,14,17). The fraction of sp³-hybridized carbons (Fsp3) is 0.833. The van der Waals surface area contributed by atoms with Gasteiger partial charge in [0.05, 0.1) is 5.92 Å². The average Bonchev–Trinajstić information content (AvgIpc) is 2.35. The fourth-order valence-electron chi connectivity index (χ4n) is 2.20. The lowest BCUT2D eigenvalue weighted by atomic mass is 9.86. The summed E-state index contributed by atoms with van der Waals surface area (Å²) in [6, 6.07) is -0.174. The Bertz CT molecular complexity index is 286. The number of hydrogen-bond donors (Lipinski definition) is 3. The molecular formula is C12H22N2O3S. The van der Waals surface area contributed by atoms with Crippen LogP contribution in [-0.2, 0) is 4.79 Å². The van der Waals surface area contributed by atoms with Crippen molar-refractivity contribution >= 4 is 23.8 Å². The third kappa shape index (κ3) is 5.62. The van der Waals surface area contributed by atoms with E-state index in [0.717, 1.165) is 31.4 Å². The molecule has 0 aromatic carbocycles. The van der Waals surface area contributed by atoms with E-state index < -0.39 is 5.97 Å². The first-order valence-corrected chi connectivity index (χ1v) is 7.79. The van der Waals surface area contributed by atoms with Crippen LogP contribution in [0.25, 0.3) is 0 Å². The molecule has 2 atom stereocenters. The van der Waals surface area contributed by atoms with Crippen LogP contribution in [0.3, 0.4) is 0 Å². The highest BCUT2D eigenvalue weighted by molar-refractivity contribution is 7.98. The number of carboxylic acid groups (broad SMARTS) is 1. The molecule has 1 aliphatic carbocycles. The number of thioether (sulfide) groups is 1. The first-order chi connectivity index (χ1) is 8.63. The first kappa shape index (κ1) is 15.1. The summed E-state index contributed by atoms with van der Waals surface area (Å²) in [5.41, 5.74) is 0. The van der Waals surface area contributed by atoms with Gasteiger partial charge in [0.1, 0.15) is 0 Å². The van der Waals surface area contributed by atoms with E-state index >= 15 is 0 Å². The van der Waals surface area contributed by atoms with Gasteiger partial charge in [-0.1, -0.05) is 6.42 Å². The van der Waals surface area contributed by atoms with Crippen LogP contribution in [0.4, 0.5) is 4.79 Å². The van der Waals surface area contributed by atoms with Crippen molar-refractivity contribution in [1.29, 1.82) is 0 Å². The Balaban J connectivity index is 2.20. The molecule has 18 heavy (non-hydrogen) atoms. The molecule has 6 heteroatoms. The maximum absolute atomic E-state index is 11.6. The molecule has 1 saturated carbocycles. The summed E-state index contributed by atoms with van der Waals surface area (Å²) >= 11 is 1.76. The average molecular weight is 274 g/mol. The molecule has 104 valence electrons. The largest absolute Gasteiger partial charge is 0.481 e. The maximum Gasteiger partial charge on any atom is 0.315 e. The number of rotatable bonds is 6. The molecule has 1 rings (SSSR count). The van der Waals surface area contributed by atoms with E-state index in [1.807, 2.05) is 6.26 Å². The minimum atomic E-state index is -0.748. The Labute approximate surface area is 112 Å². The number of nitrogens with one attached hydrogen (secondary N) is 2. The van der Waals surface area contributed by atoms with Crippen LogP contribution in [-0.4, -0.2) is 41.7 Å².